The first kappa shape index (κ1) is 12.1. The summed E-state index contributed by atoms with van der Waals surface area (Å²) >= 11 is 0. The molecule has 0 radical (unpaired) electrons. The smallest absolute Gasteiger partial charge is 0.321 e. The zero-order valence-corrected chi connectivity index (χ0v) is 6.03. The van der Waals surface area contributed by atoms with Crippen LogP contribution in [0.1, 0.15) is 6.42 Å². The summed E-state index contributed by atoms with van der Waals surface area (Å²) in [5.41, 5.74) is 4.84. The average Bonchev–Trinajstić information content (AvgIpc) is 1.63. The molecule has 1 atom stereocenters. The second-order valence-corrected chi connectivity index (χ2v) is 1.54. The minimum absolute atomic E-state index is 0. The molecule has 5 nitrogen and oxygen atoms in total. The minimum atomic E-state index is -1.29. The van der Waals surface area contributed by atoms with Gasteiger partial charge >= 0.3 is 11.9 Å². The van der Waals surface area contributed by atoms with E-state index < -0.39 is 24.4 Å². The molecule has 0 heterocycles. The van der Waals surface area contributed by atoms with Crippen molar-refractivity contribution in [3.63, 3.8) is 0 Å². The fraction of sp³-hybridized carbons (Fsp3) is 0.500. The topological polar surface area (TPSA) is 101 Å². The molecule has 60 valence electrons. The van der Waals surface area contributed by atoms with E-state index in [1.165, 1.54) is 0 Å². The molecular formula is C4H7FeNO4. The second-order valence-electron chi connectivity index (χ2n) is 1.54. The first-order valence-corrected chi connectivity index (χ1v) is 2.24. The van der Waals surface area contributed by atoms with Crippen molar-refractivity contribution in [2.24, 2.45) is 5.73 Å². The van der Waals surface area contributed by atoms with Gasteiger partial charge in [0, 0.05) is 17.1 Å². The molecule has 10 heavy (non-hydrogen) atoms. The van der Waals surface area contributed by atoms with E-state index in [0.717, 1.165) is 0 Å². The van der Waals surface area contributed by atoms with Gasteiger partial charge in [-0.15, -0.1) is 0 Å². The van der Waals surface area contributed by atoms with E-state index in [-0.39, 0.29) is 17.1 Å². The van der Waals surface area contributed by atoms with Crippen LogP contribution in [0.4, 0.5) is 0 Å². The predicted molar refractivity (Wildman–Crippen MR) is 27.9 cm³/mol. The SMILES string of the molecule is N[C@@H](CC(=O)O)C(=O)O.[Fe]. The monoisotopic (exact) mass is 189 g/mol. The standard InChI is InChI=1S/C4H7NO4.Fe/c5-2(4(8)9)1-3(6)7;/h2H,1,5H2,(H,6,7)(H,8,9);/t2-;/m0./s1. The summed E-state index contributed by atoms with van der Waals surface area (Å²) in [6.45, 7) is 0. The van der Waals surface area contributed by atoms with Gasteiger partial charge in [-0.3, -0.25) is 9.59 Å². The molecule has 0 aliphatic carbocycles. The largest absolute Gasteiger partial charge is 0.481 e. The molecule has 0 amide bonds. The Bertz CT molecular complexity index is 137. The van der Waals surface area contributed by atoms with Gasteiger partial charge in [-0.05, 0) is 0 Å². The normalized spacial score (nSPS) is 11.3. The molecule has 4 N–H and O–H groups in total. The Balaban J connectivity index is 0. The Labute approximate surface area is 67.7 Å². The fourth-order valence-corrected chi connectivity index (χ4v) is 0.275. The van der Waals surface area contributed by atoms with Crippen molar-refractivity contribution in [1.29, 1.82) is 0 Å². The predicted octanol–water partition coefficient (Wildman–Crippen LogP) is -1.13. The molecule has 0 aliphatic heterocycles. The van der Waals surface area contributed by atoms with Gasteiger partial charge in [0.05, 0.1) is 6.42 Å². The van der Waals surface area contributed by atoms with E-state index in [0.29, 0.717) is 0 Å². The number of nitrogens with two attached hydrogens (primary N) is 1. The first-order chi connectivity index (χ1) is 4.04. The van der Waals surface area contributed by atoms with Crippen molar-refractivity contribution in [3.8, 4) is 0 Å². The Morgan fingerprint density at radius 1 is 1.40 bits per heavy atom. The molecule has 0 rings (SSSR count). The Kier molecular flexibility index (Phi) is 6.34. The quantitative estimate of drug-likeness (QED) is 0.487. The van der Waals surface area contributed by atoms with Crippen LogP contribution in [-0.4, -0.2) is 28.2 Å². The maximum absolute atomic E-state index is 9.85. The summed E-state index contributed by atoms with van der Waals surface area (Å²) in [6, 6.07) is -1.29. The van der Waals surface area contributed by atoms with Crippen LogP contribution in [0.5, 0.6) is 0 Å². The molecular weight excluding hydrogens is 182 g/mol. The first-order valence-electron chi connectivity index (χ1n) is 2.24. The van der Waals surface area contributed by atoms with Crippen LogP contribution < -0.4 is 5.73 Å². The molecule has 0 aliphatic rings. The van der Waals surface area contributed by atoms with Crippen LogP contribution in [0.15, 0.2) is 0 Å². The third-order valence-electron chi connectivity index (χ3n) is 0.712. The Morgan fingerprint density at radius 3 is 1.90 bits per heavy atom. The van der Waals surface area contributed by atoms with E-state index in [2.05, 4.69) is 0 Å². The van der Waals surface area contributed by atoms with E-state index in [4.69, 9.17) is 15.9 Å². The number of carboxylic acid groups (broad SMARTS) is 2. The molecule has 0 unspecified atom stereocenters. The molecule has 0 spiro atoms. The minimum Gasteiger partial charge on any atom is -0.481 e. The van der Waals surface area contributed by atoms with Gasteiger partial charge in [-0.2, -0.15) is 0 Å². The molecule has 0 fully saturated rings. The molecule has 0 saturated carbocycles. The molecule has 6 heteroatoms. The van der Waals surface area contributed by atoms with Crippen molar-refractivity contribution in [1.82, 2.24) is 0 Å². The maximum atomic E-state index is 9.85. The van der Waals surface area contributed by atoms with Gasteiger partial charge in [-0.1, -0.05) is 0 Å². The van der Waals surface area contributed by atoms with E-state index >= 15 is 0 Å². The molecule has 0 aromatic rings. The van der Waals surface area contributed by atoms with Gasteiger partial charge < -0.3 is 15.9 Å². The van der Waals surface area contributed by atoms with Crippen LogP contribution in [0.2, 0.25) is 0 Å². The van der Waals surface area contributed by atoms with Gasteiger partial charge in [0.2, 0.25) is 0 Å². The molecule has 0 aromatic heterocycles. The fourth-order valence-electron chi connectivity index (χ4n) is 0.275. The van der Waals surface area contributed by atoms with Gasteiger partial charge in [-0.25, -0.2) is 0 Å². The third kappa shape index (κ3) is 5.55. The van der Waals surface area contributed by atoms with Crippen molar-refractivity contribution in [3.05, 3.63) is 0 Å². The van der Waals surface area contributed by atoms with Crippen LogP contribution in [-0.2, 0) is 26.7 Å². The summed E-state index contributed by atoms with van der Waals surface area (Å²) in [5, 5.41) is 16.0. The van der Waals surface area contributed by atoms with Crippen LogP contribution in [0.3, 0.4) is 0 Å². The number of hydrogen-bond acceptors (Lipinski definition) is 3. The van der Waals surface area contributed by atoms with Crippen molar-refractivity contribution in [2.75, 3.05) is 0 Å². The number of aliphatic carboxylic acids is 2. The van der Waals surface area contributed by atoms with E-state index in [1.807, 2.05) is 0 Å². The van der Waals surface area contributed by atoms with Crippen molar-refractivity contribution in [2.45, 2.75) is 12.5 Å². The van der Waals surface area contributed by atoms with Crippen LogP contribution >= 0.6 is 0 Å². The van der Waals surface area contributed by atoms with Crippen molar-refractivity contribution >= 4 is 11.9 Å². The van der Waals surface area contributed by atoms with E-state index in [1.54, 1.807) is 0 Å². The summed E-state index contributed by atoms with van der Waals surface area (Å²) in [6.07, 6.45) is -0.532. The number of rotatable bonds is 3. The second kappa shape index (κ2) is 5.22. The van der Waals surface area contributed by atoms with Crippen LogP contribution in [0.25, 0.3) is 0 Å². The van der Waals surface area contributed by atoms with Gasteiger partial charge in [0.1, 0.15) is 6.04 Å². The summed E-state index contributed by atoms with van der Waals surface area (Å²) in [4.78, 5) is 19.6. The third-order valence-corrected chi connectivity index (χ3v) is 0.712. The maximum Gasteiger partial charge on any atom is 0.321 e. The van der Waals surface area contributed by atoms with Gasteiger partial charge in [0.25, 0.3) is 0 Å². The van der Waals surface area contributed by atoms with Gasteiger partial charge in [0.15, 0.2) is 0 Å². The molecule has 0 saturated heterocycles. The Hall–Kier alpha value is -0.581. The summed E-state index contributed by atoms with van der Waals surface area (Å²) in [5.74, 6) is -2.50. The van der Waals surface area contributed by atoms with Crippen molar-refractivity contribution < 1.29 is 36.9 Å². The van der Waals surface area contributed by atoms with E-state index in [9.17, 15) is 9.59 Å². The summed E-state index contributed by atoms with van der Waals surface area (Å²) in [7, 11) is 0. The van der Waals surface area contributed by atoms with Crippen LogP contribution in [0, 0.1) is 0 Å². The number of hydrogen-bond donors (Lipinski definition) is 3. The Morgan fingerprint density at radius 2 is 1.80 bits per heavy atom. The zero-order valence-electron chi connectivity index (χ0n) is 4.93. The molecule has 0 bridgehead atoms. The number of carboxylic acids is 2. The summed E-state index contributed by atoms with van der Waals surface area (Å²) < 4.78 is 0. The zero-order chi connectivity index (χ0) is 7.44. The average molecular weight is 189 g/mol. The molecule has 0 aromatic carbocycles. The number of carbonyl (C=O) groups is 2.